The number of amides is 1. The molecule has 0 saturated heterocycles. The number of carbonyl (C=O) groups is 1. The van der Waals surface area contributed by atoms with Gasteiger partial charge in [-0.15, -0.1) is 0 Å². The third kappa shape index (κ3) is 2.67. The van der Waals surface area contributed by atoms with Crippen molar-refractivity contribution in [2.45, 2.75) is 6.92 Å². The highest BCUT2D eigenvalue weighted by atomic mass is 16.2. The van der Waals surface area contributed by atoms with Crippen LogP contribution < -0.4 is 5.43 Å². The summed E-state index contributed by atoms with van der Waals surface area (Å²) in [6, 6.07) is 13.1. The first-order valence-electron chi connectivity index (χ1n) is 6.58. The molecule has 0 aliphatic rings. The van der Waals surface area contributed by atoms with Crippen LogP contribution in [0.25, 0.3) is 10.9 Å². The number of carbonyl (C=O) groups excluding carboxylic acids is 1. The molecule has 1 amide bonds. The van der Waals surface area contributed by atoms with E-state index in [1.54, 1.807) is 24.4 Å². The van der Waals surface area contributed by atoms with Gasteiger partial charge in [-0.1, -0.05) is 24.3 Å². The van der Waals surface area contributed by atoms with Crippen molar-refractivity contribution >= 4 is 22.5 Å². The summed E-state index contributed by atoms with van der Waals surface area (Å²) in [5.41, 5.74) is 5.60. The van der Waals surface area contributed by atoms with Gasteiger partial charge in [0.1, 0.15) is 5.69 Å². The molecule has 2 N–H and O–H groups in total. The lowest BCUT2D eigenvalue weighted by atomic mass is 10.1. The number of fused-ring (bicyclic) bond motifs is 1. The average molecular weight is 278 g/mol. The van der Waals surface area contributed by atoms with Crippen molar-refractivity contribution in [3.8, 4) is 0 Å². The fourth-order valence-corrected chi connectivity index (χ4v) is 2.12. The number of benzene rings is 1. The molecular weight excluding hydrogens is 264 g/mol. The van der Waals surface area contributed by atoms with E-state index >= 15 is 0 Å². The van der Waals surface area contributed by atoms with Gasteiger partial charge in [0.2, 0.25) is 0 Å². The molecule has 0 unspecified atom stereocenters. The maximum absolute atomic E-state index is 11.9. The molecule has 0 atom stereocenters. The van der Waals surface area contributed by atoms with E-state index in [-0.39, 0.29) is 5.91 Å². The van der Waals surface area contributed by atoms with Crippen LogP contribution in [-0.2, 0) is 0 Å². The quantitative estimate of drug-likeness (QED) is 0.571. The van der Waals surface area contributed by atoms with Crippen LogP contribution in [0.3, 0.4) is 0 Å². The first-order chi connectivity index (χ1) is 10.3. The zero-order valence-corrected chi connectivity index (χ0v) is 11.5. The summed E-state index contributed by atoms with van der Waals surface area (Å²) in [4.78, 5) is 19.1. The van der Waals surface area contributed by atoms with Crippen LogP contribution in [0.15, 0.2) is 60.0 Å². The lowest BCUT2D eigenvalue weighted by Crippen LogP contribution is -2.20. The highest BCUT2D eigenvalue weighted by molar-refractivity contribution is 6.09. The van der Waals surface area contributed by atoms with Gasteiger partial charge >= 0.3 is 0 Å². The molecule has 0 bridgehead atoms. The zero-order chi connectivity index (χ0) is 14.7. The minimum Gasteiger partial charge on any atom is -0.360 e. The SMILES string of the molecule is C/C(=N\NC(=O)c1ccccn1)c1c[nH]c2ccccc12. The van der Waals surface area contributed by atoms with Gasteiger partial charge in [0.25, 0.3) is 5.91 Å². The summed E-state index contributed by atoms with van der Waals surface area (Å²) in [5.74, 6) is -0.324. The summed E-state index contributed by atoms with van der Waals surface area (Å²) in [5, 5.41) is 5.23. The van der Waals surface area contributed by atoms with Gasteiger partial charge in [0, 0.05) is 28.9 Å². The fourth-order valence-electron chi connectivity index (χ4n) is 2.12. The number of hydrogen-bond acceptors (Lipinski definition) is 3. The van der Waals surface area contributed by atoms with Crippen LogP contribution in [0.1, 0.15) is 23.0 Å². The molecule has 3 rings (SSSR count). The monoisotopic (exact) mass is 278 g/mol. The molecule has 0 radical (unpaired) electrons. The number of nitrogens with zero attached hydrogens (tertiary/aromatic N) is 2. The van der Waals surface area contributed by atoms with Crippen molar-refractivity contribution in [1.82, 2.24) is 15.4 Å². The average Bonchev–Trinajstić information content (AvgIpc) is 2.97. The topological polar surface area (TPSA) is 70.1 Å². The van der Waals surface area contributed by atoms with E-state index in [1.807, 2.05) is 37.4 Å². The largest absolute Gasteiger partial charge is 0.360 e. The van der Waals surface area contributed by atoms with Gasteiger partial charge in [-0.25, -0.2) is 5.43 Å². The Labute approximate surface area is 121 Å². The number of aromatic nitrogens is 2. The van der Waals surface area contributed by atoms with Gasteiger partial charge in [-0.3, -0.25) is 9.78 Å². The second kappa shape index (κ2) is 5.58. The van der Waals surface area contributed by atoms with Crippen LogP contribution >= 0.6 is 0 Å². The van der Waals surface area contributed by atoms with Crippen molar-refractivity contribution < 1.29 is 4.79 Å². The standard InChI is InChI=1S/C16H14N4O/c1-11(13-10-18-14-7-3-2-6-12(13)14)19-20-16(21)15-8-4-5-9-17-15/h2-10,18H,1H3,(H,20,21)/b19-11+. The fraction of sp³-hybridized carbons (Fsp3) is 0.0625. The van der Waals surface area contributed by atoms with Gasteiger partial charge in [-0.2, -0.15) is 5.10 Å². The molecule has 104 valence electrons. The molecule has 2 aromatic heterocycles. The molecule has 5 heteroatoms. The van der Waals surface area contributed by atoms with E-state index in [9.17, 15) is 4.79 Å². The van der Waals surface area contributed by atoms with Crippen LogP contribution in [-0.4, -0.2) is 21.6 Å². The van der Waals surface area contributed by atoms with Crippen LogP contribution in [0, 0.1) is 0 Å². The summed E-state index contributed by atoms with van der Waals surface area (Å²) in [7, 11) is 0. The smallest absolute Gasteiger partial charge is 0.289 e. The van der Waals surface area contributed by atoms with Gasteiger partial charge < -0.3 is 4.98 Å². The molecule has 2 heterocycles. The number of rotatable bonds is 3. The van der Waals surface area contributed by atoms with Crippen molar-refractivity contribution in [3.63, 3.8) is 0 Å². The van der Waals surface area contributed by atoms with Crippen molar-refractivity contribution in [3.05, 3.63) is 66.1 Å². The van der Waals surface area contributed by atoms with E-state index in [0.29, 0.717) is 5.69 Å². The predicted octanol–water partition coefficient (Wildman–Crippen LogP) is 2.72. The minimum absolute atomic E-state index is 0.324. The van der Waals surface area contributed by atoms with E-state index in [2.05, 4.69) is 20.5 Å². The molecule has 0 fully saturated rings. The van der Waals surface area contributed by atoms with Gasteiger partial charge in [0.15, 0.2) is 0 Å². The summed E-state index contributed by atoms with van der Waals surface area (Å²) >= 11 is 0. The molecule has 21 heavy (non-hydrogen) atoms. The maximum Gasteiger partial charge on any atom is 0.289 e. The summed E-state index contributed by atoms with van der Waals surface area (Å²) < 4.78 is 0. The van der Waals surface area contributed by atoms with Gasteiger partial charge in [-0.05, 0) is 25.1 Å². The van der Waals surface area contributed by atoms with Crippen molar-refractivity contribution in [2.24, 2.45) is 5.10 Å². The number of hydrogen-bond donors (Lipinski definition) is 2. The Kier molecular flexibility index (Phi) is 3.47. The molecule has 0 saturated carbocycles. The first-order valence-corrected chi connectivity index (χ1v) is 6.58. The Morgan fingerprint density at radius 1 is 1.19 bits per heavy atom. The van der Waals surface area contributed by atoms with Crippen molar-refractivity contribution in [1.29, 1.82) is 0 Å². The Morgan fingerprint density at radius 3 is 2.81 bits per heavy atom. The number of para-hydroxylation sites is 1. The molecule has 0 spiro atoms. The number of H-pyrrole nitrogens is 1. The number of hydrazone groups is 1. The highest BCUT2D eigenvalue weighted by Crippen LogP contribution is 2.18. The third-order valence-corrected chi connectivity index (χ3v) is 3.20. The molecule has 3 aromatic rings. The van der Waals surface area contributed by atoms with Gasteiger partial charge in [0.05, 0.1) is 5.71 Å². The van der Waals surface area contributed by atoms with Crippen LogP contribution in [0.5, 0.6) is 0 Å². The molecule has 5 nitrogen and oxygen atoms in total. The number of aromatic amines is 1. The minimum atomic E-state index is -0.324. The molecule has 1 aromatic carbocycles. The van der Waals surface area contributed by atoms with E-state index in [0.717, 1.165) is 22.2 Å². The Bertz CT molecular complexity index is 805. The maximum atomic E-state index is 11.9. The van der Waals surface area contributed by atoms with E-state index in [1.165, 1.54) is 0 Å². The Balaban J connectivity index is 1.82. The van der Waals surface area contributed by atoms with E-state index < -0.39 is 0 Å². The third-order valence-electron chi connectivity index (χ3n) is 3.20. The lowest BCUT2D eigenvalue weighted by molar-refractivity contribution is 0.0950. The van der Waals surface area contributed by atoms with Crippen molar-refractivity contribution in [2.75, 3.05) is 0 Å². The molecule has 0 aliphatic heterocycles. The first kappa shape index (κ1) is 13.1. The highest BCUT2D eigenvalue weighted by Gasteiger charge is 2.08. The number of nitrogens with one attached hydrogen (secondary N) is 2. The molecule has 0 aliphatic carbocycles. The Hall–Kier alpha value is -2.95. The number of pyridine rings is 1. The Morgan fingerprint density at radius 2 is 2.00 bits per heavy atom. The zero-order valence-electron chi connectivity index (χ0n) is 11.5. The molecular formula is C16H14N4O. The van der Waals surface area contributed by atoms with Crippen LogP contribution in [0.4, 0.5) is 0 Å². The summed E-state index contributed by atoms with van der Waals surface area (Å²) in [6.45, 7) is 1.86. The lowest BCUT2D eigenvalue weighted by Gasteiger charge is -2.01. The van der Waals surface area contributed by atoms with E-state index in [4.69, 9.17) is 0 Å². The summed E-state index contributed by atoms with van der Waals surface area (Å²) in [6.07, 6.45) is 3.46. The van der Waals surface area contributed by atoms with Crippen LogP contribution in [0.2, 0.25) is 0 Å². The predicted molar refractivity (Wildman–Crippen MR) is 82.2 cm³/mol. The normalized spacial score (nSPS) is 11.6. The second-order valence-electron chi connectivity index (χ2n) is 4.60. The second-order valence-corrected chi connectivity index (χ2v) is 4.60.